The first-order chi connectivity index (χ1) is 10.2. The Morgan fingerprint density at radius 1 is 0.952 bits per heavy atom. The molecule has 0 bridgehead atoms. The molecule has 0 unspecified atom stereocenters. The summed E-state index contributed by atoms with van der Waals surface area (Å²) in [4.78, 5) is 0. The van der Waals surface area contributed by atoms with E-state index in [1.54, 1.807) is 6.07 Å². The first-order valence-electron chi connectivity index (χ1n) is 7.83. The SMILES string of the molecule is CCCNCc1ccc(-c2cccc(CCC)c2)c(F)c1. The summed E-state index contributed by atoms with van der Waals surface area (Å²) < 4.78 is 14.3. The van der Waals surface area contributed by atoms with Crippen LogP contribution in [0.1, 0.15) is 37.8 Å². The molecule has 2 rings (SSSR count). The van der Waals surface area contributed by atoms with Gasteiger partial charge in [0.15, 0.2) is 0 Å². The van der Waals surface area contributed by atoms with E-state index in [2.05, 4.69) is 31.3 Å². The van der Waals surface area contributed by atoms with Crippen molar-refractivity contribution < 1.29 is 4.39 Å². The third-order valence-electron chi connectivity index (χ3n) is 3.57. The zero-order chi connectivity index (χ0) is 15.1. The van der Waals surface area contributed by atoms with Crippen molar-refractivity contribution in [1.29, 1.82) is 0 Å². The maximum Gasteiger partial charge on any atom is 0.131 e. The molecule has 0 saturated heterocycles. The molecule has 2 aromatic rings. The van der Waals surface area contributed by atoms with E-state index in [1.807, 2.05) is 24.3 Å². The predicted octanol–water partition coefficient (Wildman–Crippen LogP) is 4.94. The average molecular weight is 285 g/mol. The van der Waals surface area contributed by atoms with Gasteiger partial charge in [0.1, 0.15) is 5.82 Å². The van der Waals surface area contributed by atoms with Crippen LogP contribution >= 0.6 is 0 Å². The van der Waals surface area contributed by atoms with Crippen molar-refractivity contribution in [3.63, 3.8) is 0 Å². The highest BCUT2D eigenvalue weighted by atomic mass is 19.1. The molecular formula is C19H24FN. The molecule has 0 aliphatic carbocycles. The maximum absolute atomic E-state index is 14.3. The lowest BCUT2D eigenvalue weighted by molar-refractivity contribution is 0.622. The van der Waals surface area contributed by atoms with Gasteiger partial charge in [0, 0.05) is 12.1 Å². The Labute approximate surface area is 127 Å². The third-order valence-corrected chi connectivity index (χ3v) is 3.57. The summed E-state index contributed by atoms with van der Waals surface area (Å²) in [5, 5.41) is 3.30. The van der Waals surface area contributed by atoms with Crippen LogP contribution < -0.4 is 5.32 Å². The van der Waals surface area contributed by atoms with Crippen LogP contribution in [0.15, 0.2) is 42.5 Å². The van der Waals surface area contributed by atoms with Crippen molar-refractivity contribution in [2.75, 3.05) is 6.54 Å². The largest absolute Gasteiger partial charge is 0.313 e. The van der Waals surface area contributed by atoms with Crippen molar-refractivity contribution in [3.8, 4) is 11.1 Å². The lowest BCUT2D eigenvalue weighted by atomic mass is 9.99. The molecule has 0 radical (unpaired) electrons. The van der Waals surface area contributed by atoms with Gasteiger partial charge in [-0.05, 0) is 42.1 Å². The van der Waals surface area contributed by atoms with Gasteiger partial charge < -0.3 is 5.32 Å². The quantitative estimate of drug-likeness (QED) is 0.710. The Morgan fingerprint density at radius 2 is 1.81 bits per heavy atom. The van der Waals surface area contributed by atoms with Crippen LogP contribution in [0.4, 0.5) is 4.39 Å². The van der Waals surface area contributed by atoms with E-state index in [-0.39, 0.29) is 5.82 Å². The summed E-state index contributed by atoms with van der Waals surface area (Å²) in [5.74, 6) is -0.139. The van der Waals surface area contributed by atoms with Crippen LogP contribution in [0.5, 0.6) is 0 Å². The number of hydrogen-bond acceptors (Lipinski definition) is 1. The van der Waals surface area contributed by atoms with E-state index in [0.717, 1.165) is 43.5 Å². The molecule has 0 aromatic heterocycles. The minimum atomic E-state index is -0.139. The molecule has 0 atom stereocenters. The summed E-state index contributed by atoms with van der Waals surface area (Å²) in [5.41, 5.74) is 3.91. The number of benzene rings is 2. The van der Waals surface area contributed by atoms with Gasteiger partial charge in [0.05, 0.1) is 0 Å². The summed E-state index contributed by atoms with van der Waals surface area (Å²) in [6, 6.07) is 13.7. The van der Waals surface area contributed by atoms with Gasteiger partial charge in [0.25, 0.3) is 0 Å². The summed E-state index contributed by atoms with van der Waals surface area (Å²) in [6.45, 7) is 5.97. The first-order valence-corrected chi connectivity index (χ1v) is 7.83. The minimum Gasteiger partial charge on any atom is -0.313 e. The van der Waals surface area contributed by atoms with Gasteiger partial charge in [-0.2, -0.15) is 0 Å². The summed E-state index contributed by atoms with van der Waals surface area (Å²) in [6.07, 6.45) is 3.23. The van der Waals surface area contributed by atoms with E-state index in [0.29, 0.717) is 5.56 Å². The van der Waals surface area contributed by atoms with Crippen LogP contribution in [0, 0.1) is 5.82 Å². The zero-order valence-corrected chi connectivity index (χ0v) is 13.0. The lowest BCUT2D eigenvalue weighted by Crippen LogP contribution is -2.13. The van der Waals surface area contributed by atoms with Crippen molar-refractivity contribution in [2.24, 2.45) is 0 Å². The van der Waals surface area contributed by atoms with Gasteiger partial charge in [-0.25, -0.2) is 4.39 Å². The third kappa shape index (κ3) is 4.40. The minimum absolute atomic E-state index is 0.139. The van der Waals surface area contributed by atoms with Crippen molar-refractivity contribution in [3.05, 3.63) is 59.4 Å². The second-order valence-corrected chi connectivity index (χ2v) is 5.44. The standard InChI is InChI=1S/C19H24FN/c1-3-6-15-7-5-8-17(12-15)18-10-9-16(13-19(18)20)14-21-11-4-2/h5,7-10,12-13,21H,3-4,6,11,14H2,1-2H3. The number of halogens is 1. The van der Waals surface area contributed by atoms with Crippen LogP contribution in [0.3, 0.4) is 0 Å². The monoisotopic (exact) mass is 285 g/mol. The molecule has 0 saturated carbocycles. The molecule has 0 aliphatic heterocycles. The molecular weight excluding hydrogens is 261 g/mol. The molecule has 0 spiro atoms. The van der Waals surface area contributed by atoms with Crippen LogP contribution in [0.2, 0.25) is 0 Å². The highest BCUT2D eigenvalue weighted by molar-refractivity contribution is 5.65. The molecule has 2 aromatic carbocycles. The molecule has 0 heterocycles. The van der Waals surface area contributed by atoms with Gasteiger partial charge >= 0.3 is 0 Å². The molecule has 0 aliphatic rings. The topological polar surface area (TPSA) is 12.0 Å². The Kier molecular flexibility index (Phi) is 5.94. The fraction of sp³-hybridized carbons (Fsp3) is 0.368. The molecule has 0 amide bonds. The van der Waals surface area contributed by atoms with Crippen LogP contribution in [-0.4, -0.2) is 6.54 Å². The van der Waals surface area contributed by atoms with Gasteiger partial charge in [0.2, 0.25) is 0 Å². The van der Waals surface area contributed by atoms with E-state index >= 15 is 0 Å². The molecule has 2 heteroatoms. The lowest BCUT2D eigenvalue weighted by Gasteiger charge is -2.09. The summed E-state index contributed by atoms with van der Waals surface area (Å²) in [7, 11) is 0. The Balaban J connectivity index is 2.18. The second-order valence-electron chi connectivity index (χ2n) is 5.44. The number of rotatable bonds is 7. The predicted molar refractivity (Wildman–Crippen MR) is 87.8 cm³/mol. The van der Waals surface area contributed by atoms with Crippen molar-refractivity contribution in [2.45, 2.75) is 39.7 Å². The van der Waals surface area contributed by atoms with Crippen molar-refractivity contribution in [1.82, 2.24) is 5.32 Å². The van der Waals surface area contributed by atoms with Crippen LogP contribution in [-0.2, 0) is 13.0 Å². The summed E-state index contributed by atoms with van der Waals surface area (Å²) >= 11 is 0. The number of hydrogen-bond donors (Lipinski definition) is 1. The molecule has 1 nitrogen and oxygen atoms in total. The average Bonchev–Trinajstić information content (AvgIpc) is 2.48. The normalized spacial score (nSPS) is 10.8. The number of nitrogens with one attached hydrogen (secondary N) is 1. The Hall–Kier alpha value is -1.67. The molecule has 112 valence electrons. The maximum atomic E-state index is 14.3. The van der Waals surface area contributed by atoms with E-state index in [9.17, 15) is 4.39 Å². The molecule has 1 N–H and O–H groups in total. The Morgan fingerprint density at radius 3 is 2.52 bits per heavy atom. The first kappa shape index (κ1) is 15.7. The smallest absolute Gasteiger partial charge is 0.131 e. The second kappa shape index (κ2) is 7.94. The Bertz CT molecular complexity index is 578. The van der Waals surface area contributed by atoms with Gasteiger partial charge in [-0.1, -0.05) is 56.7 Å². The van der Waals surface area contributed by atoms with E-state index < -0.39 is 0 Å². The fourth-order valence-corrected chi connectivity index (χ4v) is 2.50. The van der Waals surface area contributed by atoms with Crippen LogP contribution in [0.25, 0.3) is 11.1 Å². The molecule has 0 fully saturated rings. The molecule has 21 heavy (non-hydrogen) atoms. The van der Waals surface area contributed by atoms with Crippen molar-refractivity contribution >= 4 is 0 Å². The highest BCUT2D eigenvalue weighted by Gasteiger charge is 2.07. The highest BCUT2D eigenvalue weighted by Crippen LogP contribution is 2.25. The van der Waals surface area contributed by atoms with E-state index in [1.165, 1.54) is 5.56 Å². The van der Waals surface area contributed by atoms with E-state index in [4.69, 9.17) is 0 Å². The van der Waals surface area contributed by atoms with Gasteiger partial charge in [-0.3, -0.25) is 0 Å². The van der Waals surface area contributed by atoms with Gasteiger partial charge in [-0.15, -0.1) is 0 Å². The zero-order valence-electron chi connectivity index (χ0n) is 13.0. The number of aryl methyl sites for hydroxylation is 1. The fourth-order valence-electron chi connectivity index (χ4n) is 2.50.